The largest absolute Gasteiger partial charge is 0.497 e. The Hall–Kier alpha value is -3.68. The highest BCUT2D eigenvalue weighted by Gasteiger charge is 2.24. The van der Waals surface area contributed by atoms with Crippen LogP contribution in [0.25, 0.3) is 22.6 Å². The molecular formula is C26H31N5O3. The molecule has 34 heavy (non-hydrogen) atoms. The first-order chi connectivity index (χ1) is 16.5. The standard InChI is InChI=1S/C26H31N5O3/c1-26(2,25-28-30-31-29-25)17-7-5-6-8-22-27-23(18-9-13-20(32-3)14-10-18)24(34-22)19-11-15-21(33-4)16-12-19/h9-16H,5-8,17H2,1-4H3,(H,28,29,30,31). The molecule has 0 saturated carbocycles. The first-order valence-electron chi connectivity index (χ1n) is 11.5. The van der Waals surface area contributed by atoms with E-state index in [1.807, 2.05) is 48.5 Å². The molecule has 1 N–H and O–H groups in total. The van der Waals surface area contributed by atoms with Gasteiger partial charge in [0, 0.05) is 23.0 Å². The van der Waals surface area contributed by atoms with E-state index in [4.69, 9.17) is 18.9 Å². The fourth-order valence-electron chi connectivity index (χ4n) is 3.94. The van der Waals surface area contributed by atoms with Crippen LogP contribution >= 0.6 is 0 Å². The highest BCUT2D eigenvalue weighted by atomic mass is 16.5. The minimum Gasteiger partial charge on any atom is -0.497 e. The number of methoxy groups -OCH3 is 2. The van der Waals surface area contributed by atoms with E-state index >= 15 is 0 Å². The molecule has 2 aromatic heterocycles. The zero-order chi connectivity index (χ0) is 24.0. The molecule has 2 heterocycles. The number of nitrogens with zero attached hydrogens (tertiary/aromatic N) is 4. The summed E-state index contributed by atoms with van der Waals surface area (Å²) in [5.41, 5.74) is 2.72. The van der Waals surface area contributed by atoms with Gasteiger partial charge in [-0.3, -0.25) is 0 Å². The van der Waals surface area contributed by atoms with Crippen LogP contribution in [-0.4, -0.2) is 39.8 Å². The molecule has 0 atom stereocenters. The summed E-state index contributed by atoms with van der Waals surface area (Å²) in [4.78, 5) is 4.87. The number of aryl methyl sites for hydroxylation is 1. The Morgan fingerprint density at radius 2 is 1.50 bits per heavy atom. The van der Waals surface area contributed by atoms with Crippen molar-refractivity contribution in [3.8, 4) is 34.1 Å². The van der Waals surface area contributed by atoms with Gasteiger partial charge in [-0.15, -0.1) is 5.10 Å². The van der Waals surface area contributed by atoms with Crippen LogP contribution in [0.1, 0.15) is 51.2 Å². The van der Waals surface area contributed by atoms with Gasteiger partial charge in [0.15, 0.2) is 17.5 Å². The molecule has 0 aliphatic carbocycles. The molecule has 0 saturated heterocycles. The van der Waals surface area contributed by atoms with Crippen LogP contribution in [0.4, 0.5) is 0 Å². The summed E-state index contributed by atoms with van der Waals surface area (Å²) in [6.45, 7) is 4.32. The van der Waals surface area contributed by atoms with Gasteiger partial charge in [0.25, 0.3) is 0 Å². The summed E-state index contributed by atoms with van der Waals surface area (Å²) in [6, 6.07) is 15.7. The summed E-state index contributed by atoms with van der Waals surface area (Å²) >= 11 is 0. The number of nitrogens with one attached hydrogen (secondary N) is 1. The van der Waals surface area contributed by atoms with Crippen molar-refractivity contribution >= 4 is 0 Å². The van der Waals surface area contributed by atoms with Gasteiger partial charge >= 0.3 is 0 Å². The molecule has 0 fully saturated rings. The van der Waals surface area contributed by atoms with Crippen molar-refractivity contribution in [3.63, 3.8) is 0 Å². The molecule has 0 bridgehead atoms. The summed E-state index contributed by atoms with van der Waals surface area (Å²) < 4.78 is 16.9. The first-order valence-corrected chi connectivity index (χ1v) is 11.5. The number of rotatable bonds is 11. The maximum absolute atomic E-state index is 6.28. The summed E-state index contributed by atoms with van der Waals surface area (Å²) in [6.07, 6.45) is 4.93. The second-order valence-electron chi connectivity index (χ2n) is 8.94. The quantitative estimate of drug-likeness (QED) is 0.289. The van der Waals surface area contributed by atoms with E-state index in [-0.39, 0.29) is 5.41 Å². The molecule has 0 amide bonds. The van der Waals surface area contributed by atoms with Gasteiger partial charge in [0.1, 0.15) is 17.2 Å². The second kappa shape index (κ2) is 10.5. The summed E-state index contributed by atoms with van der Waals surface area (Å²) in [5, 5.41) is 14.3. The number of aromatic amines is 1. The van der Waals surface area contributed by atoms with Gasteiger partial charge in [-0.1, -0.05) is 26.7 Å². The molecule has 2 aromatic carbocycles. The third kappa shape index (κ3) is 5.44. The fourth-order valence-corrected chi connectivity index (χ4v) is 3.94. The van der Waals surface area contributed by atoms with E-state index < -0.39 is 0 Å². The normalized spacial score (nSPS) is 11.5. The minimum atomic E-state index is -0.0739. The van der Waals surface area contributed by atoms with Crippen LogP contribution < -0.4 is 9.47 Å². The van der Waals surface area contributed by atoms with Gasteiger partial charge in [0.05, 0.1) is 14.2 Å². The van der Waals surface area contributed by atoms with E-state index in [9.17, 15) is 0 Å². The Balaban J connectivity index is 1.46. The first kappa shape index (κ1) is 23.5. The highest BCUT2D eigenvalue weighted by Crippen LogP contribution is 2.35. The topological polar surface area (TPSA) is 99.0 Å². The van der Waals surface area contributed by atoms with Crippen LogP contribution in [0.15, 0.2) is 52.9 Å². The number of unbranched alkanes of at least 4 members (excludes halogenated alkanes) is 2. The fraction of sp³-hybridized carbons (Fsp3) is 0.385. The molecule has 0 spiro atoms. The highest BCUT2D eigenvalue weighted by molar-refractivity contribution is 5.77. The number of oxazole rings is 1. The van der Waals surface area contributed by atoms with Crippen molar-refractivity contribution in [2.24, 2.45) is 0 Å². The predicted molar refractivity (Wildman–Crippen MR) is 130 cm³/mol. The van der Waals surface area contributed by atoms with Crippen molar-refractivity contribution in [2.75, 3.05) is 14.2 Å². The maximum atomic E-state index is 6.28. The molecule has 8 heteroatoms. The molecule has 0 aliphatic heterocycles. The molecule has 0 aliphatic rings. The number of hydrogen-bond donors (Lipinski definition) is 1. The second-order valence-corrected chi connectivity index (χ2v) is 8.94. The SMILES string of the molecule is COc1ccc(-c2nc(CCCCCC(C)(C)c3nnn[nH]3)oc2-c2ccc(OC)cc2)cc1. The summed E-state index contributed by atoms with van der Waals surface area (Å²) in [7, 11) is 3.32. The van der Waals surface area contributed by atoms with Crippen LogP contribution in [-0.2, 0) is 11.8 Å². The van der Waals surface area contributed by atoms with Crippen molar-refractivity contribution in [1.29, 1.82) is 0 Å². The van der Waals surface area contributed by atoms with Gasteiger partial charge in [-0.05, 0) is 71.8 Å². The number of ether oxygens (including phenoxy) is 2. The number of H-pyrrole nitrogens is 1. The van der Waals surface area contributed by atoms with E-state index in [2.05, 4.69) is 34.5 Å². The van der Waals surface area contributed by atoms with E-state index in [1.54, 1.807) is 14.2 Å². The van der Waals surface area contributed by atoms with E-state index in [0.29, 0.717) is 0 Å². The molecule has 0 unspecified atom stereocenters. The maximum Gasteiger partial charge on any atom is 0.195 e. The van der Waals surface area contributed by atoms with Crippen molar-refractivity contribution in [3.05, 3.63) is 60.2 Å². The number of benzene rings is 2. The molecule has 8 nitrogen and oxygen atoms in total. The Bertz CT molecular complexity index is 1100. The third-order valence-corrected chi connectivity index (χ3v) is 6.07. The van der Waals surface area contributed by atoms with Gasteiger partial charge in [-0.2, -0.15) is 0 Å². The Kier molecular flexibility index (Phi) is 7.25. The van der Waals surface area contributed by atoms with Crippen LogP contribution in [0.3, 0.4) is 0 Å². The van der Waals surface area contributed by atoms with Crippen LogP contribution in [0.2, 0.25) is 0 Å². The molecule has 4 aromatic rings. The van der Waals surface area contributed by atoms with Gasteiger partial charge in [-0.25, -0.2) is 10.1 Å². The number of aromatic nitrogens is 5. The van der Waals surface area contributed by atoms with Gasteiger partial charge in [0.2, 0.25) is 0 Å². The monoisotopic (exact) mass is 461 g/mol. The van der Waals surface area contributed by atoms with E-state index in [0.717, 1.165) is 77.9 Å². The van der Waals surface area contributed by atoms with Crippen molar-refractivity contribution in [1.82, 2.24) is 25.6 Å². The summed E-state index contributed by atoms with van der Waals surface area (Å²) in [5.74, 6) is 3.95. The van der Waals surface area contributed by atoms with Crippen molar-refractivity contribution < 1.29 is 13.9 Å². The Labute approximate surface area is 199 Å². The minimum absolute atomic E-state index is 0.0739. The Morgan fingerprint density at radius 3 is 2.09 bits per heavy atom. The number of hydrogen-bond acceptors (Lipinski definition) is 7. The van der Waals surface area contributed by atoms with Crippen LogP contribution in [0, 0.1) is 0 Å². The lowest BCUT2D eigenvalue weighted by atomic mass is 9.86. The zero-order valence-electron chi connectivity index (χ0n) is 20.2. The lowest BCUT2D eigenvalue weighted by molar-refractivity contribution is 0.414. The number of tetrazole rings is 1. The lowest BCUT2D eigenvalue weighted by Crippen LogP contribution is -2.19. The predicted octanol–water partition coefficient (Wildman–Crippen LogP) is 5.62. The van der Waals surface area contributed by atoms with Gasteiger partial charge < -0.3 is 13.9 Å². The molecule has 4 rings (SSSR count). The lowest BCUT2D eigenvalue weighted by Gasteiger charge is -2.20. The average molecular weight is 462 g/mol. The molecular weight excluding hydrogens is 430 g/mol. The third-order valence-electron chi connectivity index (χ3n) is 6.07. The smallest absolute Gasteiger partial charge is 0.195 e. The van der Waals surface area contributed by atoms with Crippen molar-refractivity contribution in [2.45, 2.75) is 51.4 Å². The molecule has 178 valence electrons. The Morgan fingerprint density at radius 1 is 0.853 bits per heavy atom. The average Bonchev–Trinajstić information content (AvgIpc) is 3.55. The van der Waals surface area contributed by atoms with E-state index in [1.165, 1.54) is 0 Å². The van der Waals surface area contributed by atoms with Crippen LogP contribution in [0.5, 0.6) is 11.5 Å². The zero-order valence-corrected chi connectivity index (χ0v) is 20.2. The molecule has 0 radical (unpaired) electrons.